The molecular formula is C21H30N4O6. The average molecular weight is 434 g/mol. The van der Waals surface area contributed by atoms with Crippen molar-refractivity contribution in [2.45, 2.75) is 75.0 Å². The summed E-state index contributed by atoms with van der Waals surface area (Å²) in [7, 11) is 1.63. The van der Waals surface area contributed by atoms with E-state index >= 15 is 0 Å². The molecule has 0 spiro atoms. The predicted octanol–water partition coefficient (Wildman–Crippen LogP) is 0.930. The van der Waals surface area contributed by atoms with Gasteiger partial charge in [-0.1, -0.05) is 19.3 Å². The number of esters is 1. The summed E-state index contributed by atoms with van der Waals surface area (Å²) >= 11 is 0. The number of aliphatic hydroxyl groups is 2. The normalized spacial score (nSPS) is 30.5. The third-order valence-corrected chi connectivity index (χ3v) is 6.73. The van der Waals surface area contributed by atoms with Crippen LogP contribution >= 0.6 is 0 Å². The molecule has 4 atom stereocenters. The standard InChI is InChI=1S/C21H30N4O6/c1-20(15-7-6-13-19(22)23-12-24-25(13)15)18(28)17(27)14(31-20)11-30-16(26)10-21(29-2)8-4-3-5-9-21/h6-7,12,14,17-18,27-28H,3-5,8-11H2,1-2H3,(H2,22,23,24)/t14-,17-,18-,20+/m1/s1. The summed E-state index contributed by atoms with van der Waals surface area (Å²) in [5.74, 6) is -0.116. The van der Waals surface area contributed by atoms with Gasteiger partial charge in [0.1, 0.15) is 42.4 Å². The van der Waals surface area contributed by atoms with Crippen molar-refractivity contribution in [1.82, 2.24) is 14.6 Å². The van der Waals surface area contributed by atoms with Gasteiger partial charge in [0.2, 0.25) is 0 Å². The van der Waals surface area contributed by atoms with E-state index in [-0.39, 0.29) is 18.8 Å². The first-order valence-corrected chi connectivity index (χ1v) is 10.6. The highest BCUT2D eigenvalue weighted by molar-refractivity contribution is 5.70. The number of nitrogen functional groups attached to an aromatic ring is 1. The summed E-state index contributed by atoms with van der Waals surface area (Å²) in [4.78, 5) is 16.4. The summed E-state index contributed by atoms with van der Waals surface area (Å²) in [6.45, 7) is 1.48. The highest BCUT2D eigenvalue weighted by atomic mass is 16.6. The number of ether oxygens (including phenoxy) is 3. The maximum Gasteiger partial charge on any atom is 0.308 e. The summed E-state index contributed by atoms with van der Waals surface area (Å²) in [6.07, 6.45) is 2.92. The summed E-state index contributed by atoms with van der Waals surface area (Å²) in [5.41, 5.74) is 5.21. The number of nitrogens with zero attached hydrogens (tertiary/aromatic N) is 3. The Balaban J connectivity index is 1.45. The van der Waals surface area contributed by atoms with Crippen LogP contribution in [0, 0.1) is 0 Å². The van der Waals surface area contributed by atoms with Crippen LogP contribution in [0.25, 0.3) is 5.52 Å². The summed E-state index contributed by atoms with van der Waals surface area (Å²) < 4.78 is 18.6. The molecule has 2 aliphatic rings. The zero-order valence-electron chi connectivity index (χ0n) is 17.9. The van der Waals surface area contributed by atoms with Crippen molar-refractivity contribution in [3.05, 3.63) is 24.2 Å². The molecule has 10 nitrogen and oxygen atoms in total. The van der Waals surface area contributed by atoms with E-state index in [1.807, 2.05) is 0 Å². The van der Waals surface area contributed by atoms with Gasteiger partial charge in [-0.25, -0.2) is 9.50 Å². The van der Waals surface area contributed by atoms with Crippen LogP contribution in [0.3, 0.4) is 0 Å². The maximum atomic E-state index is 12.5. The van der Waals surface area contributed by atoms with Crippen LogP contribution in [0.1, 0.15) is 51.1 Å². The Kier molecular flexibility index (Phi) is 5.91. The number of hydrogen-bond acceptors (Lipinski definition) is 9. The lowest BCUT2D eigenvalue weighted by molar-refractivity contribution is -0.160. The molecular weight excluding hydrogens is 404 g/mol. The fourth-order valence-electron chi connectivity index (χ4n) is 4.79. The molecule has 4 rings (SSSR count). The molecule has 0 unspecified atom stereocenters. The van der Waals surface area contributed by atoms with Gasteiger partial charge in [0, 0.05) is 7.11 Å². The molecule has 2 aromatic rings. The first-order chi connectivity index (χ1) is 14.8. The van der Waals surface area contributed by atoms with Gasteiger partial charge >= 0.3 is 5.97 Å². The molecule has 2 fully saturated rings. The average Bonchev–Trinajstić information content (AvgIpc) is 3.30. The van der Waals surface area contributed by atoms with Crippen LogP contribution in [-0.4, -0.2) is 68.4 Å². The molecule has 1 saturated carbocycles. The highest BCUT2D eigenvalue weighted by Crippen LogP contribution is 2.40. The lowest BCUT2D eigenvalue weighted by Crippen LogP contribution is -2.40. The minimum absolute atomic E-state index is 0.158. The van der Waals surface area contributed by atoms with E-state index in [0.717, 1.165) is 32.1 Å². The number of methoxy groups -OCH3 is 1. The molecule has 2 aromatic heterocycles. The van der Waals surface area contributed by atoms with Gasteiger partial charge in [0.15, 0.2) is 5.82 Å². The van der Waals surface area contributed by atoms with Gasteiger partial charge in [-0.15, -0.1) is 0 Å². The lowest BCUT2D eigenvalue weighted by Gasteiger charge is -2.35. The monoisotopic (exact) mass is 434 g/mol. The summed E-state index contributed by atoms with van der Waals surface area (Å²) in [5, 5.41) is 25.5. The molecule has 1 aliphatic heterocycles. The van der Waals surface area contributed by atoms with E-state index in [4.69, 9.17) is 19.9 Å². The number of aliphatic hydroxyl groups excluding tert-OH is 2. The Hall–Kier alpha value is -2.27. The van der Waals surface area contributed by atoms with Crippen molar-refractivity contribution in [1.29, 1.82) is 0 Å². The zero-order chi connectivity index (χ0) is 22.2. The largest absolute Gasteiger partial charge is 0.463 e. The molecule has 31 heavy (non-hydrogen) atoms. The second kappa shape index (κ2) is 8.34. The Bertz CT molecular complexity index is 943. The van der Waals surface area contributed by atoms with Crippen molar-refractivity contribution >= 4 is 17.3 Å². The smallest absolute Gasteiger partial charge is 0.308 e. The second-order valence-electron chi connectivity index (χ2n) is 8.67. The van der Waals surface area contributed by atoms with Gasteiger partial charge in [0.05, 0.1) is 17.7 Å². The van der Waals surface area contributed by atoms with E-state index in [1.54, 1.807) is 26.2 Å². The lowest BCUT2D eigenvalue weighted by atomic mass is 9.82. The van der Waals surface area contributed by atoms with E-state index < -0.39 is 35.5 Å². The van der Waals surface area contributed by atoms with E-state index in [2.05, 4.69) is 10.1 Å². The topological polar surface area (TPSA) is 141 Å². The number of rotatable bonds is 6. The zero-order valence-corrected chi connectivity index (χ0v) is 17.9. The quantitative estimate of drug-likeness (QED) is 0.566. The molecule has 10 heteroatoms. The molecule has 4 N–H and O–H groups in total. The molecule has 1 saturated heterocycles. The predicted molar refractivity (Wildman–Crippen MR) is 110 cm³/mol. The third kappa shape index (κ3) is 3.89. The van der Waals surface area contributed by atoms with E-state index in [9.17, 15) is 15.0 Å². The maximum absolute atomic E-state index is 12.5. The third-order valence-electron chi connectivity index (χ3n) is 6.73. The van der Waals surface area contributed by atoms with Crippen LogP contribution < -0.4 is 5.73 Å². The Morgan fingerprint density at radius 1 is 1.32 bits per heavy atom. The first kappa shape index (κ1) is 21.9. The van der Waals surface area contributed by atoms with E-state index in [0.29, 0.717) is 11.2 Å². The number of hydrogen-bond donors (Lipinski definition) is 3. The van der Waals surface area contributed by atoms with Crippen LogP contribution in [-0.2, 0) is 24.6 Å². The van der Waals surface area contributed by atoms with Crippen molar-refractivity contribution in [3.63, 3.8) is 0 Å². The fraction of sp³-hybridized carbons (Fsp3) is 0.667. The molecule has 0 radical (unpaired) electrons. The van der Waals surface area contributed by atoms with Crippen molar-refractivity contribution in [2.75, 3.05) is 19.5 Å². The number of aromatic nitrogens is 3. The van der Waals surface area contributed by atoms with Gasteiger partial charge in [-0.3, -0.25) is 4.79 Å². The van der Waals surface area contributed by atoms with Crippen LogP contribution in [0.15, 0.2) is 18.5 Å². The Morgan fingerprint density at radius 2 is 2.06 bits per heavy atom. The fourth-order valence-corrected chi connectivity index (χ4v) is 4.79. The van der Waals surface area contributed by atoms with Crippen LogP contribution in [0.2, 0.25) is 0 Å². The molecule has 0 amide bonds. The summed E-state index contributed by atoms with van der Waals surface area (Å²) in [6, 6.07) is 3.44. The molecule has 0 bridgehead atoms. The van der Waals surface area contributed by atoms with Gasteiger partial charge < -0.3 is 30.2 Å². The van der Waals surface area contributed by atoms with Gasteiger partial charge in [-0.05, 0) is 31.9 Å². The van der Waals surface area contributed by atoms with Crippen molar-refractivity contribution < 1.29 is 29.2 Å². The molecule has 170 valence electrons. The van der Waals surface area contributed by atoms with Crippen LogP contribution in [0.5, 0.6) is 0 Å². The number of fused-ring (bicyclic) bond motifs is 1. The Morgan fingerprint density at radius 3 is 2.77 bits per heavy atom. The number of carbonyl (C=O) groups excluding carboxylic acids is 1. The Labute approximate surface area is 180 Å². The van der Waals surface area contributed by atoms with Crippen LogP contribution in [0.4, 0.5) is 5.82 Å². The van der Waals surface area contributed by atoms with Gasteiger partial charge in [-0.2, -0.15) is 5.10 Å². The highest BCUT2D eigenvalue weighted by Gasteiger charge is 2.54. The molecule has 0 aromatic carbocycles. The minimum atomic E-state index is -1.28. The number of anilines is 1. The van der Waals surface area contributed by atoms with Crippen molar-refractivity contribution in [2.24, 2.45) is 0 Å². The second-order valence-corrected chi connectivity index (χ2v) is 8.67. The van der Waals surface area contributed by atoms with Gasteiger partial charge in [0.25, 0.3) is 0 Å². The SMILES string of the molecule is COC1(CC(=O)OC[C@H]2O[C@@](C)(c3ccc4c(N)ncnn34)[C@H](O)[C@@H]2O)CCCCC1. The number of carbonyl (C=O) groups is 1. The van der Waals surface area contributed by atoms with Crippen molar-refractivity contribution in [3.8, 4) is 0 Å². The first-order valence-electron chi connectivity index (χ1n) is 10.6. The molecule has 3 heterocycles. The number of nitrogens with two attached hydrogens (primary N) is 1. The van der Waals surface area contributed by atoms with E-state index in [1.165, 1.54) is 10.8 Å². The minimum Gasteiger partial charge on any atom is -0.463 e. The molecule has 1 aliphatic carbocycles.